The first-order valence-corrected chi connectivity index (χ1v) is 5.00. The zero-order valence-electron chi connectivity index (χ0n) is 8.73. The molecular formula is C11H13FN2O2. The number of hydrogen-bond acceptors (Lipinski definition) is 3. The molecule has 1 fully saturated rings. The summed E-state index contributed by atoms with van der Waals surface area (Å²) in [6, 6.07) is 9.31. The monoisotopic (exact) mass is 224 g/mol. The first-order valence-electron chi connectivity index (χ1n) is 5.00. The van der Waals surface area contributed by atoms with Crippen molar-refractivity contribution >= 4 is 6.09 Å². The van der Waals surface area contributed by atoms with Gasteiger partial charge in [0, 0.05) is 0 Å². The van der Waals surface area contributed by atoms with Gasteiger partial charge in [-0.25, -0.2) is 9.18 Å². The largest absolute Gasteiger partial charge is 0.445 e. The molecule has 1 amide bonds. The van der Waals surface area contributed by atoms with Crippen LogP contribution >= 0.6 is 0 Å². The lowest BCUT2D eigenvalue weighted by Crippen LogP contribution is -2.65. The van der Waals surface area contributed by atoms with E-state index in [1.165, 1.54) is 4.90 Å². The summed E-state index contributed by atoms with van der Waals surface area (Å²) in [5.41, 5.74) is 6.04. The summed E-state index contributed by atoms with van der Waals surface area (Å²) < 4.78 is 17.9. The van der Waals surface area contributed by atoms with Crippen molar-refractivity contribution in [3.63, 3.8) is 0 Å². The van der Waals surface area contributed by atoms with Gasteiger partial charge in [0.1, 0.15) is 6.61 Å². The third kappa shape index (κ3) is 2.49. The third-order valence-corrected chi connectivity index (χ3v) is 2.37. The maximum atomic E-state index is 12.9. The van der Waals surface area contributed by atoms with Gasteiger partial charge in [0.25, 0.3) is 0 Å². The highest BCUT2D eigenvalue weighted by Gasteiger charge is 2.43. The number of halogens is 1. The highest BCUT2D eigenvalue weighted by Crippen LogP contribution is 2.20. The van der Waals surface area contributed by atoms with Gasteiger partial charge in [-0.2, -0.15) is 0 Å². The molecule has 16 heavy (non-hydrogen) atoms. The van der Waals surface area contributed by atoms with E-state index in [0.29, 0.717) is 0 Å². The fourth-order valence-electron chi connectivity index (χ4n) is 1.53. The second kappa shape index (κ2) is 4.09. The lowest BCUT2D eigenvalue weighted by Gasteiger charge is -2.40. The number of nitrogens with two attached hydrogens (primary N) is 1. The van der Waals surface area contributed by atoms with Crippen LogP contribution in [0.15, 0.2) is 30.3 Å². The molecule has 0 unspecified atom stereocenters. The third-order valence-electron chi connectivity index (χ3n) is 2.37. The van der Waals surface area contributed by atoms with Gasteiger partial charge in [0.05, 0.1) is 13.1 Å². The van der Waals surface area contributed by atoms with Crippen LogP contribution in [-0.4, -0.2) is 29.9 Å². The molecule has 1 aliphatic rings. The number of rotatable bonds is 2. The smallest absolute Gasteiger partial charge is 0.410 e. The minimum atomic E-state index is -1.74. The number of benzene rings is 1. The Kier molecular flexibility index (Phi) is 2.78. The van der Waals surface area contributed by atoms with Gasteiger partial charge in [-0.05, 0) is 5.56 Å². The van der Waals surface area contributed by atoms with E-state index in [9.17, 15) is 9.18 Å². The van der Waals surface area contributed by atoms with Gasteiger partial charge in [-0.1, -0.05) is 30.3 Å². The molecule has 0 aromatic heterocycles. The summed E-state index contributed by atoms with van der Waals surface area (Å²) in [5, 5.41) is 0. The minimum absolute atomic E-state index is 0.0966. The Labute approximate surface area is 92.8 Å². The lowest BCUT2D eigenvalue weighted by atomic mass is 10.1. The first-order chi connectivity index (χ1) is 7.57. The molecule has 5 heteroatoms. The normalized spacial score (nSPS) is 17.8. The Morgan fingerprint density at radius 1 is 1.44 bits per heavy atom. The van der Waals surface area contributed by atoms with E-state index >= 15 is 0 Å². The molecule has 86 valence electrons. The average molecular weight is 224 g/mol. The van der Waals surface area contributed by atoms with Crippen molar-refractivity contribution in [2.45, 2.75) is 12.4 Å². The van der Waals surface area contributed by atoms with Gasteiger partial charge < -0.3 is 4.74 Å². The lowest BCUT2D eigenvalue weighted by molar-refractivity contribution is -0.0269. The van der Waals surface area contributed by atoms with E-state index in [1.807, 2.05) is 30.3 Å². The second-order valence-corrected chi connectivity index (χ2v) is 3.93. The number of likely N-dealkylation sites (tertiary alicyclic amines) is 1. The Bertz CT molecular complexity index is 373. The van der Waals surface area contributed by atoms with Gasteiger partial charge in [-0.3, -0.25) is 10.6 Å². The number of carbonyl (C=O) groups excluding carboxylic acids is 1. The van der Waals surface area contributed by atoms with Crippen molar-refractivity contribution < 1.29 is 13.9 Å². The molecule has 4 nitrogen and oxygen atoms in total. The van der Waals surface area contributed by atoms with Crippen molar-refractivity contribution in [3.8, 4) is 0 Å². The predicted octanol–water partition coefficient (Wildman–Crippen LogP) is 1.26. The van der Waals surface area contributed by atoms with Gasteiger partial charge in [-0.15, -0.1) is 0 Å². The van der Waals surface area contributed by atoms with E-state index < -0.39 is 11.9 Å². The number of nitrogens with zero attached hydrogens (tertiary/aromatic N) is 1. The van der Waals surface area contributed by atoms with E-state index in [4.69, 9.17) is 10.5 Å². The maximum Gasteiger partial charge on any atom is 0.410 e. The second-order valence-electron chi connectivity index (χ2n) is 3.93. The van der Waals surface area contributed by atoms with Crippen molar-refractivity contribution in [2.24, 2.45) is 5.73 Å². The zero-order chi connectivity index (χ0) is 11.6. The number of amides is 1. The highest BCUT2D eigenvalue weighted by atomic mass is 19.1. The quantitative estimate of drug-likeness (QED) is 0.769. The number of ether oxygens (including phenoxy) is 1. The van der Waals surface area contributed by atoms with E-state index in [-0.39, 0.29) is 19.7 Å². The Balaban J connectivity index is 1.77. The molecule has 0 aliphatic carbocycles. The molecule has 2 rings (SSSR count). The molecule has 1 aromatic carbocycles. The van der Waals surface area contributed by atoms with Crippen LogP contribution in [0.4, 0.5) is 9.18 Å². The molecule has 1 saturated heterocycles. The molecule has 0 atom stereocenters. The predicted molar refractivity (Wildman–Crippen MR) is 56.2 cm³/mol. The fourth-order valence-corrected chi connectivity index (χ4v) is 1.53. The van der Waals surface area contributed by atoms with Gasteiger partial charge >= 0.3 is 6.09 Å². The maximum absolute atomic E-state index is 12.9. The van der Waals surface area contributed by atoms with Crippen LogP contribution in [0.25, 0.3) is 0 Å². The summed E-state index contributed by atoms with van der Waals surface area (Å²) in [4.78, 5) is 12.6. The standard InChI is InChI=1S/C11H13FN2O2/c12-11(13)7-14(8-11)10(15)16-6-9-4-2-1-3-5-9/h1-5H,6-8,13H2. The molecule has 1 aromatic rings. The molecule has 1 heterocycles. The van der Waals surface area contributed by atoms with Crippen LogP contribution in [0.2, 0.25) is 0 Å². The van der Waals surface area contributed by atoms with Crippen LogP contribution < -0.4 is 5.73 Å². The number of alkyl halides is 1. The molecule has 0 bridgehead atoms. The van der Waals surface area contributed by atoms with Crippen molar-refractivity contribution in [3.05, 3.63) is 35.9 Å². The topological polar surface area (TPSA) is 55.6 Å². The molecular weight excluding hydrogens is 211 g/mol. The van der Waals surface area contributed by atoms with Crippen LogP contribution in [0.1, 0.15) is 5.56 Å². The molecule has 1 aliphatic heterocycles. The summed E-state index contributed by atoms with van der Waals surface area (Å²) in [5.74, 6) is -1.74. The minimum Gasteiger partial charge on any atom is -0.445 e. The number of hydrogen-bond donors (Lipinski definition) is 1. The Hall–Kier alpha value is -1.62. The first kappa shape index (κ1) is 10.9. The molecule has 0 saturated carbocycles. The molecule has 0 radical (unpaired) electrons. The molecule has 2 N–H and O–H groups in total. The van der Waals surface area contributed by atoms with Crippen LogP contribution in [0.3, 0.4) is 0 Å². The summed E-state index contributed by atoms with van der Waals surface area (Å²) >= 11 is 0. The van der Waals surface area contributed by atoms with Crippen molar-refractivity contribution in [2.75, 3.05) is 13.1 Å². The van der Waals surface area contributed by atoms with E-state index in [1.54, 1.807) is 0 Å². The van der Waals surface area contributed by atoms with Crippen LogP contribution in [0, 0.1) is 0 Å². The van der Waals surface area contributed by atoms with Crippen LogP contribution in [-0.2, 0) is 11.3 Å². The molecule has 0 spiro atoms. The van der Waals surface area contributed by atoms with Crippen LogP contribution in [0.5, 0.6) is 0 Å². The van der Waals surface area contributed by atoms with Crippen molar-refractivity contribution in [1.29, 1.82) is 0 Å². The van der Waals surface area contributed by atoms with E-state index in [0.717, 1.165) is 5.56 Å². The fraction of sp³-hybridized carbons (Fsp3) is 0.364. The summed E-state index contributed by atoms with van der Waals surface area (Å²) in [7, 11) is 0. The van der Waals surface area contributed by atoms with E-state index in [2.05, 4.69) is 0 Å². The summed E-state index contributed by atoms with van der Waals surface area (Å²) in [6.45, 7) is 0.00127. The Morgan fingerprint density at radius 3 is 2.62 bits per heavy atom. The van der Waals surface area contributed by atoms with Gasteiger partial charge in [0.15, 0.2) is 5.79 Å². The zero-order valence-corrected chi connectivity index (χ0v) is 8.73. The number of carbonyl (C=O) groups is 1. The van der Waals surface area contributed by atoms with Crippen molar-refractivity contribution in [1.82, 2.24) is 4.90 Å². The highest BCUT2D eigenvalue weighted by molar-refractivity contribution is 5.69. The Morgan fingerprint density at radius 2 is 2.06 bits per heavy atom. The SMILES string of the molecule is NC1(F)CN(C(=O)OCc2ccccc2)C1. The van der Waals surface area contributed by atoms with Gasteiger partial charge in [0.2, 0.25) is 0 Å². The summed E-state index contributed by atoms with van der Waals surface area (Å²) in [6.07, 6.45) is -0.525. The average Bonchev–Trinajstić information content (AvgIpc) is 2.24.